The van der Waals surface area contributed by atoms with Crippen molar-refractivity contribution < 1.29 is 22.9 Å². The van der Waals surface area contributed by atoms with Gasteiger partial charge in [0.25, 0.3) is 11.6 Å². The predicted octanol–water partition coefficient (Wildman–Crippen LogP) is 5.72. The van der Waals surface area contributed by atoms with Gasteiger partial charge in [-0.1, -0.05) is 19.1 Å². The highest BCUT2D eigenvalue weighted by molar-refractivity contribution is 7.99. The van der Waals surface area contributed by atoms with Crippen molar-refractivity contribution in [2.45, 2.75) is 24.5 Å². The summed E-state index contributed by atoms with van der Waals surface area (Å²) in [5, 5.41) is 14.0. The van der Waals surface area contributed by atoms with E-state index in [4.69, 9.17) is 0 Å². The first kappa shape index (κ1) is 23.3. The Morgan fingerprint density at radius 2 is 1.94 bits per heavy atom. The number of carbonyl (C=O) groups is 1. The first-order valence-corrected chi connectivity index (χ1v) is 10.5. The van der Waals surface area contributed by atoms with Crippen molar-refractivity contribution >= 4 is 23.4 Å². The standard InChI is InChI=1S/C22H18F3N3O3S/c1-2-32-17-6-7-20(28(30)31)18(12-17)19-11-15(8-9-26-19)21(29)27-13-14-4-3-5-16(10-14)22(23,24)25/h3-12H,2,13H2,1H3,(H,27,29). The molecule has 0 unspecified atom stereocenters. The third-order valence-corrected chi connectivity index (χ3v) is 5.36. The maximum Gasteiger partial charge on any atom is 0.416 e. The molecule has 0 atom stereocenters. The number of rotatable bonds is 7. The molecule has 10 heteroatoms. The number of nitro benzene ring substituents is 1. The van der Waals surface area contributed by atoms with E-state index in [0.29, 0.717) is 5.56 Å². The molecule has 0 aliphatic rings. The Bertz CT molecular complexity index is 1150. The third-order valence-electron chi connectivity index (χ3n) is 4.48. The maximum atomic E-state index is 12.9. The summed E-state index contributed by atoms with van der Waals surface area (Å²) in [6, 6.07) is 12.2. The Kier molecular flexibility index (Phi) is 7.14. The van der Waals surface area contributed by atoms with Crippen molar-refractivity contribution in [2.75, 3.05) is 5.75 Å². The lowest BCUT2D eigenvalue weighted by Crippen LogP contribution is -2.23. The van der Waals surface area contributed by atoms with Gasteiger partial charge in [-0.15, -0.1) is 11.8 Å². The molecule has 0 aliphatic heterocycles. The molecule has 0 radical (unpaired) electrons. The van der Waals surface area contributed by atoms with E-state index in [2.05, 4.69) is 10.3 Å². The van der Waals surface area contributed by atoms with Crippen LogP contribution in [0.4, 0.5) is 18.9 Å². The molecule has 0 spiro atoms. The van der Waals surface area contributed by atoms with Crippen molar-refractivity contribution in [3.05, 3.63) is 87.6 Å². The number of halogens is 3. The molecule has 1 heterocycles. The summed E-state index contributed by atoms with van der Waals surface area (Å²) in [5.41, 5.74) is 0.0715. The molecule has 1 amide bonds. The molecule has 0 saturated heterocycles. The van der Waals surface area contributed by atoms with E-state index in [0.717, 1.165) is 22.8 Å². The number of thioether (sulfide) groups is 1. The second-order valence-electron chi connectivity index (χ2n) is 6.68. The van der Waals surface area contributed by atoms with Gasteiger partial charge in [-0.05, 0) is 47.7 Å². The highest BCUT2D eigenvalue weighted by Gasteiger charge is 2.30. The van der Waals surface area contributed by atoms with E-state index in [-0.39, 0.29) is 29.1 Å². The number of nitrogens with zero attached hydrogens (tertiary/aromatic N) is 2. The van der Waals surface area contributed by atoms with Crippen LogP contribution in [0.15, 0.2) is 65.7 Å². The number of pyridine rings is 1. The minimum atomic E-state index is -4.47. The van der Waals surface area contributed by atoms with Crippen LogP contribution in [0.3, 0.4) is 0 Å². The number of nitrogens with one attached hydrogen (secondary N) is 1. The summed E-state index contributed by atoms with van der Waals surface area (Å²) >= 11 is 1.51. The average molecular weight is 461 g/mol. The monoisotopic (exact) mass is 461 g/mol. The molecule has 0 saturated carbocycles. The summed E-state index contributed by atoms with van der Waals surface area (Å²) in [5.74, 6) is 0.246. The lowest BCUT2D eigenvalue weighted by Gasteiger charge is -2.10. The van der Waals surface area contributed by atoms with Crippen LogP contribution < -0.4 is 5.32 Å². The van der Waals surface area contributed by atoms with E-state index in [1.54, 1.807) is 12.1 Å². The van der Waals surface area contributed by atoms with Gasteiger partial charge in [0, 0.05) is 29.3 Å². The van der Waals surface area contributed by atoms with Crippen molar-refractivity contribution in [1.82, 2.24) is 10.3 Å². The Morgan fingerprint density at radius 3 is 2.62 bits per heavy atom. The normalized spacial score (nSPS) is 11.2. The molecule has 32 heavy (non-hydrogen) atoms. The number of carbonyl (C=O) groups excluding carboxylic acids is 1. The maximum absolute atomic E-state index is 12.9. The van der Waals surface area contributed by atoms with Crippen LogP contribution in [0.1, 0.15) is 28.4 Å². The van der Waals surface area contributed by atoms with Gasteiger partial charge in [0.15, 0.2) is 0 Å². The Balaban J connectivity index is 1.83. The lowest BCUT2D eigenvalue weighted by atomic mass is 10.1. The van der Waals surface area contributed by atoms with Gasteiger partial charge in [0.2, 0.25) is 0 Å². The molecule has 3 rings (SSSR count). The van der Waals surface area contributed by atoms with Crippen LogP contribution in [-0.2, 0) is 12.7 Å². The highest BCUT2D eigenvalue weighted by atomic mass is 32.2. The molecule has 1 aromatic heterocycles. The average Bonchev–Trinajstić information content (AvgIpc) is 2.77. The van der Waals surface area contributed by atoms with E-state index in [1.807, 2.05) is 6.92 Å². The van der Waals surface area contributed by atoms with Gasteiger partial charge in [-0.2, -0.15) is 13.2 Å². The van der Waals surface area contributed by atoms with Crippen LogP contribution in [0.25, 0.3) is 11.3 Å². The van der Waals surface area contributed by atoms with Gasteiger partial charge < -0.3 is 5.32 Å². The minimum absolute atomic E-state index is 0.108. The molecule has 6 nitrogen and oxygen atoms in total. The van der Waals surface area contributed by atoms with Crippen LogP contribution in [0.2, 0.25) is 0 Å². The van der Waals surface area contributed by atoms with Crippen LogP contribution >= 0.6 is 11.8 Å². The molecule has 0 aliphatic carbocycles. The topological polar surface area (TPSA) is 85.1 Å². The number of aromatic nitrogens is 1. The number of alkyl halides is 3. The van der Waals surface area contributed by atoms with Gasteiger partial charge in [0.1, 0.15) is 0 Å². The number of hydrogen-bond donors (Lipinski definition) is 1. The van der Waals surface area contributed by atoms with E-state index in [9.17, 15) is 28.1 Å². The first-order chi connectivity index (χ1) is 15.2. The van der Waals surface area contributed by atoms with E-state index in [1.165, 1.54) is 48.3 Å². The number of amides is 1. The summed E-state index contributed by atoms with van der Waals surface area (Å²) in [6.07, 6.45) is -3.11. The number of benzene rings is 2. The van der Waals surface area contributed by atoms with E-state index >= 15 is 0 Å². The molecule has 166 valence electrons. The fraction of sp³-hybridized carbons (Fsp3) is 0.182. The largest absolute Gasteiger partial charge is 0.416 e. The molecular weight excluding hydrogens is 443 g/mol. The smallest absolute Gasteiger partial charge is 0.348 e. The number of hydrogen-bond acceptors (Lipinski definition) is 5. The number of nitro groups is 1. The van der Waals surface area contributed by atoms with Gasteiger partial charge >= 0.3 is 6.18 Å². The molecule has 1 N–H and O–H groups in total. The first-order valence-electron chi connectivity index (χ1n) is 9.51. The zero-order valence-electron chi connectivity index (χ0n) is 16.8. The summed E-state index contributed by atoms with van der Waals surface area (Å²) in [6.45, 7) is 1.85. The van der Waals surface area contributed by atoms with Crippen LogP contribution in [-0.4, -0.2) is 21.6 Å². The lowest BCUT2D eigenvalue weighted by molar-refractivity contribution is -0.384. The summed E-state index contributed by atoms with van der Waals surface area (Å²) < 4.78 is 38.6. The predicted molar refractivity (Wildman–Crippen MR) is 115 cm³/mol. The Morgan fingerprint density at radius 1 is 1.16 bits per heavy atom. The Labute approximate surface area is 186 Å². The van der Waals surface area contributed by atoms with Crippen molar-refractivity contribution in [3.63, 3.8) is 0 Å². The van der Waals surface area contributed by atoms with E-state index < -0.39 is 22.6 Å². The molecule has 2 aromatic carbocycles. The van der Waals surface area contributed by atoms with Crippen molar-refractivity contribution in [2.24, 2.45) is 0 Å². The fourth-order valence-corrected chi connectivity index (χ4v) is 3.70. The van der Waals surface area contributed by atoms with Crippen molar-refractivity contribution in [1.29, 1.82) is 0 Å². The van der Waals surface area contributed by atoms with Gasteiger partial charge in [0.05, 0.1) is 21.7 Å². The zero-order valence-corrected chi connectivity index (χ0v) is 17.7. The third kappa shape index (κ3) is 5.64. The quantitative estimate of drug-likeness (QED) is 0.276. The Hall–Kier alpha value is -3.40. The van der Waals surface area contributed by atoms with Gasteiger partial charge in [-0.25, -0.2) is 0 Å². The highest BCUT2D eigenvalue weighted by Crippen LogP contribution is 2.33. The molecule has 3 aromatic rings. The fourth-order valence-electron chi connectivity index (χ4n) is 3.00. The summed E-state index contributed by atoms with van der Waals surface area (Å²) in [7, 11) is 0. The minimum Gasteiger partial charge on any atom is -0.348 e. The summed E-state index contributed by atoms with van der Waals surface area (Å²) in [4.78, 5) is 28.5. The molecule has 0 bridgehead atoms. The second kappa shape index (κ2) is 9.82. The molecule has 0 fully saturated rings. The van der Waals surface area contributed by atoms with Crippen molar-refractivity contribution in [3.8, 4) is 11.3 Å². The zero-order chi connectivity index (χ0) is 23.3. The second-order valence-corrected chi connectivity index (χ2v) is 8.02. The van der Waals surface area contributed by atoms with Crippen LogP contribution in [0.5, 0.6) is 0 Å². The molecular formula is C22H18F3N3O3S. The SMILES string of the molecule is CCSc1ccc([N+](=O)[O-])c(-c2cc(C(=O)NCc3cccc(C(F)(F)F)c3)ccn2)c1. The van der Waals surface area contributed by atoms with Gasteiger partial charge in [-0.3, -0.25) is 19.9 Å². The van der Waals surface area contributed by atoms with Crippen LogP contribution in [0, 0.1) is 10.1 Å².